The highest BCUT2D eigenvalue weighted by Gasteiger charge is 2.03. The fraction of sp³-hybridized carbons (Fsp3) is 0.467. The largest absolute Gasteiger partial charge is 0.497 e. The van der Waals surface area contributed by atoms with E-state index >= 15 is 0 Å². The number of aryl methyl sites for hydroxylation is 1. The Morgan fingerprint density at radius 2 is 2.05 bits per heavy atom. The second-order valence-corrected chi connectivity index (χ2v) is 4.92. The molecule has 2 aromatic rings. The molecule has 1 heterocycles. The Bertz CT molecular complexity index is 481. The molecule has 0 radical (unpaired) electrons. The first-order chi connectivity index (χ1) is 9.78. The summed E-state index contributed by atoms with van der Waals surface area (Å²) >= 11 is 0. The summed E-state index contributed by atoms with van der Waals surface area (Å²) < 4.78 is 5.16. The minimum absolute atomic E-state index is 0.486. The Morgan fingerprint density at radius 1 is 1.25 bits per heavy atom. The van der Waals surface area contributed by atoms with Crippen molar-refractivity contribution < 1.29 is 4.74 Å². The van der Waals surface area contributed by atoms with Gasteiger partial charge in [0.2, 0.25) is 0 Å². The molecular weight excluding hydrogens is 252 g/mol. The molecule has 0 aliphatic carbocycles. The van der Waals surface area contributed by atoms with Gasteiger partial charge in [0.15, 0.2) is 0 Å². The summed E-state index contributed by atoms with van der Waals surface area (Å²) in [6.07, 6.45) is 4.61. The van der Waals surface area contributed by atoms with E-state index in [1.165, 1.54) is 5.56 Å². The van der Waals surface area contributed by atoms with Crippen molar-refractivity contribution in [1.29, 1.82) is 0 Å². The molecule has 108 valence electrons. The van der Waals surface area contributed by atoms with Crippen molar-refractivity contribution in [2.45, 2.75) is 32.2 Å². The van der Waals surface area contributed by atoms with E-state index in [9.17, 15) is 0 Å². The first-order valence-electron chi connectivity index (χ1n) is 6.98. The lowest BCUT2D eigenvalue weighted by Crippen LogP contribution is -2.28. The third kappa shape index (κ3) is 4.66. The molecule has 5 nitrogen and oxygen atoms in total. The molecule has 1 atom stereocenters. The van der Waals surface area contributed by atoms with Crippen LogP contribution in [0.3, 0.4) is 0 Å². The predicted molar refractivity (Wildman–Crippen MR) is 78.9 cm³/mol. The smallest absolute Gasteiger partial charge is 0.137 e. The summed E-state index contributed by atoms with van der Waals surface area (Å²) in [5.41, 5.74) is 1.34. The van der Waals surface area contributed by atoms with Gasteiger partial charge in [-0.1, -0.05) is 12.1 Å². The summed E-state index contributed by atoms with van der Waals surface area (Å²) in [5.74, 6) is 1.84. The summed E-state index contributed by atoms with van der Waals surface area (Å²) in [6, 6.07) is 8.76. The SMILES string of the molecule is COc1ccc(CCC(C)NCCc2ncn[nH]2)cc1. The molecular formula is C15H22N4O. The highest BCUT2D eigenvalue weighted by atomic mass is 16.5. The number of hydrogen-bond donors (Lipinski definition) is 2. The van der Waals surface area contributed by atoms with E-state index in [0.29, 0.717) is 6.04 Å². The molecule has 0 fully saturated rings. The minimum atomic E-state index is 0.486. The first-order valence-corrected chi connectivity index (χ1v) is 6.98. The van der Waals surface area contributed by atoms with E-state index in [4.69, 9.17) is 4.74 Å². The van der Waals surface area contributed by atoms with Crippen LogP contribution in [0.25, 0.3) is 0 Å². The van der Waals surface area contributed by atoms with Gasteiger partial charge < -0.3 is 10.1 Å². The molecule has 0 amide bonds. The lowest BCUT2D eigenvalue weighted by molar-refractivity contribution is 0.414. The number of ether oxygens (including phenoxy) is 1. The molecule has 2 rings (SSSR count). The van der Waals surface area contributed by atoms with E-state index in [0.717, 1.165) is 37.4 Å². The van der Waals surface area contributed by atoms with Gasteiger partial charge in [-0.25, -0.2) is 4.98 Å². The van der Waals surface area contributed by atoms with Crippen LogP contribution in [0.1, 0.15) is 24.7 Å². The zero-order chi connectivity index (χ0) is 14.2. The van der Waals surface area contributed by atoms with E-state index in [1.54, 1.807) is 13.4 Å². The van der Waals surface area contributed by atoms with Crippen LogP contribution < -0.4 is 10.1 Å². The van der Waals surface area contributed by atoms with Gasteiger partial charge in [0.1, 0.15) is 17.9 Å². The fourth-order valence-electron chi connectivity index (χ4n) is 2.07. The lowest BCUT2D eigenvalue weighted by atomic mass is 10.1. The number of nitrogens with zero attached hydrogens (tertiary/aromatic N) is 2. The monoisotopic (exact) mass is 274 g/mol. The fourth-order valence-corrected chi connectivity index (χ4v) is 2.07. The van der Waals surface area contributed by atoms with Crippen LogP contribution >= 0.6 is 0 Å². The van der Waals surface area contributed by atoms with Gasteiger partial charge in [-0.3, -0.25) is 5.10 Å². The molecule has 1 unspecified atom stereocenters. The highest BCUT2D eigenvalue weighted by Crippen LogP contribution is 2.13. The number of aromatic amines is 1. The van der Waals surface area contributed by atoms with Gasteiger partial charge in [0.25, 0.3) is 0 Å². The van der Waals surface area contributed by atoms with Crippen molar-refractivity contribution in [1.82, 2.24) is 20.5 Å². The molecule has 0 aliphatic rings. The normalized spacial score (nSPS) is 12.3. The Kier molecular flexibility index (Phi) is 5.55. The lowest BCUT2D eigenvalue weighted by Gasteiger charge is -2.13. The van der Waals surface area contributed by atoms with Crippen molar-refractivity contribution in [2.24, 2.45) is 0 Å². The van der Waals surface area contributed by atoms with Crippen molar-refractivity contribution >= 4 is 0 Å². The summed E-state index contributed by atoms with van der Waals surface area (Å²) in [5, 5.41) is 10.2. The highest BCUT2D eigenvalue weighted by molar-refractivity contribution is 5.27. The van der Waals surface area contributed by atoms with Gasteiger partial charge in [0.05, 0.1) is 7.11 Å². The van der Waals surface area contributed by atoms with Crippen LogP contribution in [0.5, 0.6) is 5.75 Å². The van der Waals surface area contributed by atoms with Crippen LogP contribution in [0.15, 0.2) is 30.6 Å². The number of aromatic nitrogens is 3. The molecule has 0 spiro atoms. The quantitative estimate of drug-likeness (QED) is 0.772. The number of hydrogen-bond acceptors (Lipinski definition) is 4. The minimum Gasteiger partial charge on any atom is -0.497 e. The molecule has 1 aromatic heterocycles. The van der Waals surface area contributed by atoms with E-state index in [-0.39, 0.29) is 0 Å². The zero-order valence-electron chi connectivity index (χ0n) is 12.1. The van der Waals surface area contributed by atoms with Gasteiger partial charge in [-0.2, -0.15) is 5.10 Å². The second kappa shape index (κ2) is 7.65. The molecule has 5 heteroatoms. The van der Waals surface area contributed by atoms with Gasteiger partial charge in [0, 0.05) is 19.0 Å². The zero-order valence-corrected chi connectivity index (χ0v) is 12.1. The maximum Gasteiger partial charge on any atom is 0.137 e. The number of H-pyrrole nitrogens is 1. The number of nitrogens with one attached hydrogen (secondary N) is 2. The molecule has 0 bridgehead atoms. The average molecular weight is 274 g/mol. The van der Waals surface area contributed by atoms with Gasteiger partial charge in [-0.15, -0.1) is 0 Å². The third-order valence-corrected chi connectivity index (χ3v) is 3.34. The summed E-state index contributed by atoms with van der Waals surface area (Å²) in [4.78, 5) is 4.10. The molecule has 1 aromatic carbocycles. The molecule has 2 N–H and O–H groups in total. The third-order valence-electron chi connectivity index (χ3n) is 3.34. The van der Waals surface area contributed by atoms with E-state index in [2.05, 4.69) is 39.6 Å². The summed E-state index contributed by atoms with van der Waals surface area (Å²) in [7, 11) is 1.69. The number of methoxy groups -OCH3 is 1. The van der Waals surface area contributed by atoms with Crippen molar-refractivity contribution in [3.63, 3.8) is 0 Å². The Balaban J connectivity index is 1.65. The van der Waals surface area contributed by atoms with Crippen LogP contribution in [0.2, 0.25) is 0 Å². The topological polar surface area (TPSA) is 62.8 Å². The van der Waals surface area contributed by atoms with Crippen LogP contribution in [0.4, 0.5) is 0 Å². The van der Waals surface area contributed by atoms with E-state index < -0.39 is 0 Å². The maximum absolute atomic E-state index is 5.16. The van der Waals surface area contributed by atoms with Crippen LogP contribution in [-0.2, 0) is 12.8 Å². The number of rotatable bonds is 8. The Hall–Kier alpha value is -1.88. The average Bonchev–Trinajstić information content (AvgIpc) is 2.99. The maximum atomic E-state index is 5.16. The second-order valence-electron chi connectivity index (χ2n) is 4.92. The van der Waals surface area contributed by atoms with Crippen molar-refractivity contribution in [2.75, 3.05) is 13.7 Å². The Morgan fingerprint density at radius 3 is 2.70 bits per heavy atom. The molecule has 0 saturated heterocycles. The standard InChI is InChI=1S/C15H22N4O/c1-12(16-10-9-15-17-11-18-19-15)3-4-13-5-7-14(20-2)8-6-13/h5-8,11-12,16H,3-4,9-10H2,1-2H3,(H,17,18,19). The van der Waals surface area contributed by atoms with Gasteiger partial charge >= 0.3 is 0 Å². The number of benzene rings is 1. The van der Waals surface area contributed by atoms with Gasteiger partial charge in [-0.05, 0) is 37.5 Å². The summed E-state index contributed by atoms with van der Waals surface area (Å²) in [6.45, 7) is 3.13. The first kappa shape index (κ1) is 14.5. The molecule has 0 saturated carbocycles. The Labute approximate surface area is 119 Å². The van der Waals surface area contributed by atoms with Crippen LogP contribution in [-0.4, -0.2) is 34.9 Å². The van der Waals surface area contributed by atoms with E-state index in [1.807, 2.05) is 12.1 Å². The van der Waals surface area contributed by atoms with Crippen LogP contribution in [0, 0.1) is 0 Å². The van der Waals surface area contributed by atoms with Crippen molar-refractivity contribution in [3.8, 4) is 5.75 Å². The molecule has 20 heavy (non-hydrogen) atoms. The molecule has 0 aliphatic heterocycles. The predicted octanol–water partition coefficient (Wildman–Crippen LogP) is 1.97. The van der Waals surface area contributed by atoms with Crippen molar-refractivity contribution in [3.05, 3.63) is 42.0 Å².